The van der Waals surface area contributed by atoms with Gasteiger partial charge in [0.2, 0.25) is 5.91 Å². The number of thiocarbonyl (C=S) groups is 1. The smallest absolute Gasteiger partial charge is 0.340 e. The zero-order valence-corrected chi connectivity index (χ0v) is 30.7. The molecular weight excluding hydrogens is 703 g/mol. The number of aromatic hydroxyl groups is 2. The van der Waals surface area contributed by atoms with Gasteiger partial charge in [0.15, 0.2) is 10.7 Å². The van der Waals surface area contributed by atoms with Crippen molar-refractivity contribution in [1.29, 1.82) is 0 Å². The number of nitrogens with zero attached hydrogens (tertiary/aromatic N) is 2. The number of hydrogen-bond donors (Lipinski definition) is 5. The van der Waals surface area contributed by atoms with Crippen molar-refractivity contribution < 1.29 is 29.3 Å². The Balaban J connectivity index is 0.825. The van der Waals surface area contributed by atoms with Crippen molar-refractivity contribution in [3.63, 3.8) is 0 Å². The summed E-state index contributed by atoms with van der Waals surface area (Å²) in [6, 6.07) is 22.7. The van der Waals surface area contributed by atoms with Gasteiger partial charge >= 0.3 is 5.97 Å². The number of aryl methyl sites for hydroxylation is 2. The molecule has 0 fully saturated rings. The summed E-state index contributed by atoms with van der Waals surface area (Å²) in [5.41, 5.74) is 5.41. The molecule has 0 aliphatic carbocycles. The Morgan fingerprint density at radius 1 is 0.759 bits per heavy atom. The molecule has 3 aromatic carbocycles. The van der Waals surface area contributed by atoms with E-state index in [1.807, 2.05) is 43.3 Å². The van der Waals surface area contributed by atoms with Gasteiger partial charge in [0.05, 0.1) is 17.0 Å². The van der Waals surface area contributed by atoms with Crippen molar-refractivity contribution in [2.45, 2.75) is 57.5 Å². The van der Waals surface area contributed by atoms with Crippen molar-refractivity contribution in [3.8, 4) is 34.4 Å². The first-order valence-corrected chi connectivity index (χ1v) is 18.5. The highest BCUT2D eigenvalue weighted by Crippen LogP contribution is 2.57. The zero-order chi connectivity index (χ0) is 37.7. The van der Waals surface area contributed by atoms with Gasteiger partial charge in [-0.15, -0.1) is 0 Å². The van der Waals surface area contributed by atoms with Crippen LogP contribution >= 0.6 is 12.2 Å². The molecule has 1 spiro atoms. The number of unbranched alkanes of at least 4 members (excludes halogenated alkanes) is 3. The second-order valence-corrected chi connectivity index (χ2v) is 14.0. The van der Waals surface area contributed by atoms with Crippen LogP contribution in [0.5, 0.6) is 23.0 Å². The number of esters is 1. The first-order chi connectivity index (χ1) is 26.2. The van der Waals surface area contributed by atoms with Crippen LogP contribution < -0.4 is 20.7 Å². The van der Waals surface area contributed by atoms with E-state index >= 15 is 0 Å². The number of fused-ring (bicyclic) bond motifs is 6. The average molecular weight is 744 g/mol. The topological polar surface area (TPSA) is 155 Å². The summed E-state index contributed by atoms with van der Waals surface area (Å²) in [6.45, 7) is 3.37. The summed E-state index contributed by atoms with van der Waals surface area (Å²) >= 11 is 5.53. The third-order valence-electron chi connectivity index (χ3n) is 9.61. The predicted molar refractivity (Wildman–Crippen MR) is 209 cm³/mol. The van der Waals surface area contributed by atoms with Crippen LogP contribution in [0.2, 0.25) is 0 Å². The third kappa shape index (κ3) is 7.84. The highest BCUT2D eigenvalue weighted by Gasteiger charge is 2.53. The minimum atomic E-state index is -1.32. The standard InChI is InChI=1S/C42H41N5O6S/c1-26-15-19-43-35(21-26)36-22-27(16-20-44-36)7-6-8-39(50)45-17-4-2-3-5-18-46-41(54)47-28-9-12-32-31(23-28)40(51)53-42(32)33-13-10-29(48)24-37(33)52-38-25-30(49)11-14-34(38)42/h9-16,19-25,48-49H,2-8,17-18H2,1H3,(H,45,50)(H2,46,47,54). The molecule has 2 aromatic heterocycles. The maximum Gasteiger partial charge on any atom is 0.340 e. The number of phenols is 2. The molecule has 5 N–H and O–H groups in total. The van der Waals surface area contributed by atoms with E-state index < -0.39 is 11.6 Å². The number of ether oxygens (including phenoxy) is 2. The summed E-state index contributed by atoms with van der Waals surface area (Å²) in [6.07, 6.45) is 9.43. The van der Waals surface area contributed by atoms with E-state index in [4.69, 9.17) is 21.7 Å². The number of nitrogens with one attached hydrogen (secondary N) is 3. The highest BCUT2D eigenvalue weighted by molar-refractivity contribution is 7.80. The fraction of sp³-hybridized carbons (Fsp3) is 0.262. The van der Waals surface area contributed by atoms with Crippen LogP contribution in [0.3, 0.4) is 0 Å². The lowest BCUT2D eigenvalue weighted by molar-refractivity contribution is -0.121. The fourth-order valence-electron chi connectivity index (χ4n) is 6.98. The molecule has 0 atom stereocenters. The molecule has 0 saturated carbocycles. The van der Waals surface area contributed by atoms with Crippen LogP contribution in [-0.2, 0) is 21.6 Å². The normalized spacial score (nSPS) is 13.2. The molecule has 5 aromatic rings. The number of benzene rings is 3. The van der Waals surface area contributed by atoms with Gasteiger partial charge in [-0.1, -0.05) is 18.9 Å². The molecule has 0 radical (unpaired) electrons. The van der Waals surface area contributed by atoms with Gasteiger partial charge in [0, 0.05) is 66.4 Å². The molecule has 2 aliphatic heterocycles. The average Bonchev–Trinajstić information content (AvgIpc) is 3.43. The number of carbonyl (C=O) groups is 2. The van der Waals surface area contributed by atoms with Gasteiger partial charge < -0.3 is 35.6 Å². The maximum atomic E-state index is 13.4. The van der Waals surface area contributed by atoms with Gasteiger partial charge in [0.25, 0.3) is 0 Å². The largest absolute Gasteiger partial charge is 0.508 e. The van der Waals surface area contributed by atoms with E-state index in [-0.39, 0.29) is 17.4 Å². The maximum absolute atomic E-state index is 13.4. The van der Waals surface area contributed by atoms with E-state index in [1.54, 1.807) is 30.6 Å². The molecule has 2 aliphatic rings. The predicted octanol–water partition coefficient (Wildman–Crippen LogP) is 7.42. The Morgan fingerprint density at radius 2 is 1.41 bits per heavy atom. The number of phenolic OH excluding ortho intramolecular Hbond substituents is 2. The molecule has 0 unspecified atom stereocenters. The van der Waals surface area contributed by atoms with Crippen molar-refractivity contribution in [2.75, 3.05) is 18.4 Å². The second-order valence-electron chi connectivity index (χ2n) is 13.6. The molecule has 54 heavy (non-hydrogen) atoms. The Kier molecular flexibility index (Phi) is 10.7. The monoisotopic (exact) mass is 743 g/mol. The number of aromatic nitrogens is 2. The number of rotatable bonds is 13. The van der Waals surface area contributed by atoms with E-state index in [1.165, 1.54) is 24.3 Å². The van der Waals surface area contributed by atoms with E-state index in [9.17, 15) is 19.8 Å². The van der Waals surface area contributed by atoms with E-state index in [0.29, 0.717) is 64.1 Å². The summed E-state index contributed by atoms with van der Waals surface area (Å²) in [5, 5.41) is 30.1. The molecule has 0 saturated heterocycles. The zero-order valence-electron chi connectivity index (χ0n) is 29.9. The van der Waals surface area contributed by atoms with Gasteiger partial charge in [-0.2, -0.15) is 0 Å². The van der Waals surface area contributed by atoms with Gasteiger partial charge in [0.1, 0.15) is 23.0 Å². The molecule has 7 rings (SSSR count). The van der Waals surface area contributed by atoms with Crippen molar-refractivity contribution in [2.24, 2.45) is 0 Å². The number of anilines is 1. The summed E-state index contributed by atoms with van der Waals surface area (Å²) < 4.78 is 12.2. The van der Waals surface area contributed by atoms with Crippen LogP contribution in [0, 0.1) is 6.92 Å². The number of carbonyl (C=O) groups excluding carboxylic acids is 2. The lowest BCUT2D eigenvalue weighted by Crippen LogP contribution is -2.33. The van der Waals surface area contributed by atoms with Crippen LogP contribution in [0.25, 0.3) is 11.4 Å². The van der Waals surface area contributed by atoms with Crippen LogP contribution in [0.4, 0.5) is 5.69 Å². The first-order valence-electron chi connectivity index (χ1n) is 18.1. The Hall–Kier alpha value is -6.01. The highest BCUT2D eigenvalue weighted by atomic mass is 32.1. The molecule has 0 bridgehead atoms. The van der Waals surface area contributed by atoms with Crippen molar-refractivity contribution in [3.05, 3.63) is 125 Å². The number of amides is 1. The lowest BCUT2D eigenvalue weighted by Gasteiger charge is -2.36. The minimum Gasteiger partial charge on any atom is -0.508 e. The number of pyridine rings is 2. The fourth-order valence-corrected chi connectivity index (χ4v) is 7.20. The Bertz CT molecular complexity index is 2170. The molecule has 12 heteroatoms. The Labute approximate surface area is 318 Å². The minimum absolute atomic E-state index is 0.00245. The SMILES string of the molecule is Cc1ccnc(-c2cc(CCCC(=O)NCCCCCCNC(=S)Nc3ccc4c(c3)C(=O)OC43c4ccc(O)cc4Oc4cc(O)ccc43)ccn2)c1. The first kappa shape index (κ1) is 36.4. The quantitative estimate of drug-likeness (QED) is 0.0465. The number of hydrogen-bond acceptors (Lipinski definition) is 9. The van der Waals surface area contributed by atoms with Crippen molar-refractivity contribution >= 4 is 34.9 Å². The lowest BCUT2D eigenvalue weighted by atomic mass is 9.77. The molecule has 1 amide bonds. The van der Waals surface area contributed by atoms with Gasteiger partial charge in [-0.25, -0.2) is 4.79 Å². The summed E-state index contributed by atoms with van der Waals surface area (Å²) in [4.78, 5) is 34.6. The molecule has 276 valence electrons. The van der Waals surface area contributed by atoms with Crippen LogP contribution in [0.15, 0.2) is 91.3 Å². The third-order valence-corrected chi connectivity index (χ3v) is 9.86. The van der Waals surface area contributed by atoms with E-state index in [2.05, 4.69) is 25.9 Å². The molecule has 11 nitrogen and oxygen atoms in total. The molecular formula is C42H41N5O6S. The second kappa shape index (κ2) is 15.9. The molecule has 4 heterocycles. The van der Waals surface area contributed by atoms with E-state index in [0.717, 1.165) is 61.0 Å². The van der Waals surface area contributed by atoms with Crippen LogP contribution in [0.1, 0.15) is 76.7 Å². The van der Waals surface area contributed by atoms with Crippen LogP contribution in [-0.4, -0.2) is 50.3 Å². The van der Waals surface area contributed by atoms with Gasteiger partial charge in [-0.3, -0.25) is 14.8 Å². The summed E-state index contributed by atoms with van der Waals surface area (Å²) in [7, 11) is 0. The van der Waals surface area contributed by atoms with Crippen molar-refractivity contribution in [1.82, 2.24) is 20.6 Å². The Morgan fingerprint density at radius 3 is 2.11 bits per heavy atom. The van der Waals surface area contributed by atoms with Gasteiger partial charge in [-0.05, 0) is 117 Å². The summed E-state index contributed by atoms with van der Waals surface area (Å²) in [5.74, 6) is 0.200.